The molecule has 1 heterocycles. The molecule has 1 N–H and O–H groups in total. The standard InChI is InChI=1S/C23H32N2O/c1-25-8-2-3-20-12-16(4-5-21(20)25)6-7-24-22(26)23-13-17-9-18(14-23)11-19(10-17)15-23/h4-5,12,17-19H,2-3,6-11,13-15H2,1H3,(H,24,26). The fraction of sp³-hybridized carbons (Fsp3) is 0.696. The number of carbonyl (C=O) groups excluding carboxylic acids is 1. The van der Waals surface area contributed by atoms with Gasteiger partial charge in [-0.15, -0.1) is 0 Å². The summed E-state index contributed by atoms with van der Waals surface area (Å²) in [6.45, 7) is 1.95. The van der Waals surface area contributed by atoms with Crippen LogP contribution >= 0.6 is 0 Å². The molecule has 1 aromatic carbocycles. The molecular weight excluding hydrogens is 320 g/mol. The van der Waals surface area contributed by atoms with Crippen LogP contribution in [0.2, 0.25) is 0 Å². The number of aryl methyl sites for hydroxylation is 1. The summed E-state index contributed by atoms with van der Waals surface area (Å²) in [5.74, 6) is 2.88. The van der Waals surface area contributed by atoms with Gasteiger partial charge in [-0.05, 0) is 92.7 Å². The van der Waals surface area contributed by atoms with E-state index < -0.39 is 0 Å². The molecule has 26 heavy (non-hydrogen) atoms. The number of nitrogens with zero attached hydrogens (tertiary/aromatic N) is 1. The van der Waals surface area contributed by atoms with E-state index in [0.29, 0.717) is 5.91 Å². The maximum atomic E-state index is 13.0. The first-order valence-corrected chi connectivity index (χ1v) is 10.7. The first-order valence-electron chi connectivity index (χ1n) is 10.7. The molecule has 0 spiro atoms. The molecule has 4 fully saturated rings. The number of anilines is 1. The van der Waals surface area contributed by atoms with E-state index in [1.54, 1.807) is 0 Å². The number of hydrogen-bond acceptors (Lipinski definition) is 2. The highest BCUT2D eigenvalue weighted by Crippen LogP contribution is 2.60. The van der Waals surface area contributed by atoms with E-state index in [-0.39, 0.29) is 5.41 Å². The molecule has 0 aromatic heterocycles. The van der Waals surface area contributed by atoms with Crippen LogP contribution in [-0.2, 0) is 17.6 Å². The Morgan fingerprint density at radius 1 is 1.15 bits per heavy atom. The molecule has 1 aromatic rings. The number of benzene rings is 1. The largest absolute Gasteiger partial charge is 0.374 e. The highest BCUT2D eigenvalue weighted by atomic mass is 16.2. The summed E-state index contributed by atoms with van der Waals surface area (Å²) in [6, 6.07) is 6.88. The van der Waals surface area contributed by atoms with Gasteiger partial charge >= 0.3 is 0 Å². The number of hydrogen-bond donors (Lipinski definition) is 1. The minimum atomic E-state index is -0.00663. The minimum absolute atomic E-state index is 0.00663. The molecule has 3 nitrogen and oxygen atoms in total. The molecule has 4 bridgehead atoms. The Balaban J connectivity index is 1.20. The van der Waals surface area contributed by atoms with Crippen LogP contribution in [0.3, 0.4) is 0 Å². The van der Waals surface area contributed by atoms with Gasteiger partial charge in [-0.3, -0.25) is 4.79 Å². The second-order valence-corrected chi connectivity index (χ2v) is 9.69. The van der Waals surface area contributed by atoms with Gasteiger partial charge in [0.25, 0.3) is 0 Å². The smallest absolute Gasteiger partial charge is 0.226 e. The lowest BCUT2D eigenvalue weighted by molar-refractivity contribution is -0.146. The third kappa shape index (κ3) is 2.84. The number of fused-ring (bicyclic) bond motifs is 1. The summed E-state index contributed by atoms with van der Waals surface area (Å²) in [5, 5.41) is 3.33. The Kier molecular flexibility index (Phi) is 4.02. The Labute approximate surface area is 157 Å². The molecule has 1 aliphatic heterocycles. The van der Waals surface area contributed by atoms with Gasteiger partial charge in [-0.1, -0.05) is 12.1 Å². The molecule has 5 aliphatic rings. The van der Waals surface area contributed by atoms with E-state index in [1.807, 2.05) is 0 Å². The maximum absolute atomic E-state index is 13.0. The van der Waals surface area contributed by atoms with Gasteiger partial charge < -0.3 is 10.2 Å². The molecule has 0 saturated heterocycles. The normalized spacial score (nSPS) is 34.7. The predicted octanol–water partition coefficient (Wildman–Crippen LogP) is 3.94. The molecule has 3 heteroatoms. The monoisotopic (exact) mass is 352 g/mol. The van der Waals surface area contributed by atoms with Crippen LogP contribution in [0, 0.1) is 23.2 Å². The Morgan fingerprint density at radius 2 is 1.85 bits per heavy atom. The van der Waals surface area contributed by atoms with Crippen LogP contribution < -0.4 is 10.2 Å². The zero-order chi connectivity index (χ0) is 17.7. The molecule has 0 unspecified atom stereocenters. The van der Waals surface area contributed by atoms with Crippen molar-refractivity contribution in [1.82, 2.24) is 5.32 Å². The van der Waals surface area contributed by atoms with E-state index >= 15 is 0 Å². The van der Waals surface area contributed by atoms with Crippen LogP contribution in [0.5, 0.6) is 0 Å². The van der Waals surface area contributed by atoms with Crippen LogP contribution in [-0.4, -0.2) is 26.0 Å². The maximum Gasteiger partial charge on any atom is 0.226 e. The predicted molar refractivity (Wildman–Crippen MR) is 105 cm³/mol. The Hall–Kier alpha value is -1.51. The second kappa shape index (κ2) is 6.28. The summed E-state index contributed by atoms with van der Waals surface area (Å²) < 4.78 is 0. The number of carbonyl (C=O) groups is 1. The first-order chi connectivity index (χ1) is 12.6. The lowest BCUT2D eigenvalue weighted by atomic mass is 9.49. The van der Waals surface area contributed by atoms with Crippen molar-refractivity contribution in [1.29, 1.82) is 0 Å². The molecule has 0 atom stereocenters. The number of nitrogens with one attached hydrogen (secondary N) is 1. The van der Waals surface area contributed by atoms with Gasteiger partial charge in [0, 0.05) is 31.2 Å². The van der Waals surface area contributed by atoms with E-state index in [4.69, 9.17) is 0 Å². The summed E-state index contributed by atoms with van der Waals surface area (Å²) in [6.07, 6.45) is 11.1. The Bertz CT molecular complexity index is 675. The van der Waals surface area contributed by atoms with Crippen LogP contribution in [0.4, 0.5) is 5.69 Å². The molecular formula is C23H32N2O. The average molecular weight is 353 g/mol. The van der Waals surface area contributed by atoms with Crippen molar-refractivity contribution < 1.29 is 4.79 Å². The molecule has 140 valence electrons. The summed E-state index contributed by atoms with van der Waals surface area (Å²) >= 11 is 0. The van der Waals surface area contributed by atoms with Crippen molar-refractivity contribution >= 4 is 11.6 Å². The SMILES string of the molecule is CN1CCCc2cc(CCNC(=O)C34CC5CC(CC(C5)C3)C4)ccc21. The van der Waals surface area contributed by atoms with E-state index in [9.17, 15) is 4.79 Å². The summed E-state index contributed by atoms with van der Waals surface area (Å²) in [7, 11) is 2.18. The Morgan fingerprint density at radius 3 is 2.54 bits per heavy atom. The third-order valence-corrected chi connectivity index (χ3v) is 7.71. The van der Waals surface area contributed by atoms with E-state index in [2.05, 4.69) is 35.5 Å². The molecule has 0 radical (unpaired) electrons. The van der Waals surface area contributed by atoms with Gasteiger partial charge in [0.15, 0.2) is 0 Å². The summed E-state index contributed by atoms with van der Waals surface area (Å²) in [4.78, 5) is 15.4. The first kappa shape index (κ1) is 16.6. The van der Waals surface area contributed by atoms with Crippen LogP contribution in [0.25, 0.3) is 0 Å². The lowest BCUT2D eigenvalue weighted by Crippen LogP contribution is -2.53. The zero-order valence-electron chi connectivity index (χ0n) is 16.1. The van der Waals surface area contributed by atoms with Crippen LogP contribution in [0.15, 0.2) is 18.2 Å². The fourth-order valence-corrected chi connectivity index (χ4v) is 6.89. The van der Waals surface area contributed by atoms with Crippen molar-refractivity contribution in [2.45, 2.75) is 57.8 Å². The van der Waals surface area contributed by atoms with E-state index in [0.717, 1.165) is 56.5 Å². The van der Waals surface area contributed by atoms with Gasteiger partial charge in [0.1, 0.15) is 0 Å². The highest BCUT2D eigenvalue weighted by Gasteiger charge is 2.54. The van der Waals surface area contributed by atoms with Crippen molar-refractivity contribution in [3.8, 4) is 0 Å². The molecule has 1 amide bonds. The third-order valence-electron chi connectivity index (χ3n) is 7.71. The molecule has 4 saturated carbocycles. The highest BCUT2D eigenvalue weighted by molar-refractivity contribution is 5.83. The minimum Gasteiger partial charge on any atom is -0.374 e. The average Bonchev–Trinajstić information content (AvgIpc) is 2.60. The topological polar surface area (TPSA) is 32.3 Å². The summed E-state index contributed by atoms with van der Waals surface area (Å²) in [5.41, 5.74) is 4.22. The second-order valence-electron chi connectivity index (χ2n) is 9.69. The fourth-order valence-electron chi connectivity index (χ4n) is 6.89. The number of amides is 1. The zero-order valence-corrected chi connectivity index (χ0v) is 16.1. The molecule has 6 rings (SSSR count). The quantitative estimate of drug-likeness (QED) is 0.890. The van der Waals surface area contributed by atoms with Crippen molar-refractivity contribution in [2.75, 3.05) is 25.0 Å². The number of rotatable bonds is 4. The molecule has 4 aliphatic carbocycles. The van der Waals surface area contributed by atoms with Gasteiger partial charge in [0.2, 0.25) is 5.91 Å². The van der Waals surface area contributed by atoms with Crippen molar-refractivity contribution in [2.24, 2.45) is 23.2 Å². The van der Waals surface area contributed by atoms with Crippen molar-refractivity contribution in [3.63, 3.8) is 0 Å². The van der Waals surface area contributed by atoms with Crippen molar-refractivity contribution in [3.05, 3.63) is 29.3 Å². The van der Waals surface area contributed by atoms with Gasteiger partial charge in [0.05, 0.1) is 0 Å². The lowest BCUT2D eigenvalue weighted by Gasteiger charge is -2.55. The van der Waals surface area contributed by atoms with E-state index in [1.165, 1.54) is 48.9 Å². The van der Waals surface area contributed by atoms with Gasteiger partial charge in [-0.2, -0.15) is 0 Å². The van der Waals surface area contributed by atoms with Crippen LogP contribution in [0.1, 0.15) is 56.1 Å². The van der Waals surface area contributed by atoms with Gasteiger partial charge in [-0.25, -0.2) is 0 Å².